The van der Waals surface area contributed by atoms with E-state index in [0.717, 1.165) is 23.3 Å². The van der Waals surface area contributed by atoms with Crippen molar-refractivity contribution in [2.24, 2.45) is 0 Å². The molecule has 1 fully saturated rings. The SMILES string of the molecule is Clc1ccc(CCCNC2CSC2)s1. The zero-order valence-corrected chi connectivity index (χ0v) is 10.4. The first-order chi connectivity index (χ1) is 6.84. The Bertz CT molecular complexity index is 283. The monoisotopic (exact) mass is 247 g/mol. The van der Waals surface area contributed by atoms with Crippen LogP contribution in [-0.4, -0.2) is 24.1 Å². The van der Waals surface area contributed by atoms with Gasteiger partial charge in [0, 0.05) is 22.4 Å². The summed E-state index contributed by atoms with van der Waals surface area (Å²) in [6, 6.07) is 4.90. The van der Waals surface area contributed by atoms with E-state index in [4.69, 9.17) is 11.6 Å². The fourth-order valence-corrected chi connectivity index (χ4v) is 3.24. The van der Waals surface area contributed by atoms with Crippen LogP contribution in [0.4, 0.5) is 0 Å². The molecular weight excluding hydrogens is 234 g/mol. The summed E-state index contributed by atoms with van der Waals surface area (Å²) in [7, 11) is 0. The van der Waals surface area contributed by atoms with Crippen LogP contribution < -0.4 is 5.32 Å². The molecule has 1 aliphatic heterocycles. The molecule has 0 saturated carbocycles. The minimum atomic E-state index is 0.784. The maximum atomic E-state index is 5.86. The third-order valence-electron chi connectivity index (χ3n) is 2.30. The molecule has 2 heterocycles. The maximum absolute atomic E-state index is 5.86. The van der Waals surface area contributed by atoms with Crippen LogP contribution in [0.2, 0.25) is 4.34 Å². The van der Waals surface area contributed by atoms with Gasteiger partial charge in [0.05, 0.1) is 4.34 Å². The summed E-state index contributed by atoms with van der Waals surface area (Å²) < 4.78 is 0.906. The lowest BCUT2D eigenvalue weighted by atomic mass is 10.2. The highest BCUT2D eigenvalue weighted by atomic mass is 35.5. The second kappa shape index (κ2) is 5.40. The predicted molar refractivity (Wildman–Crippen MR) is 66.8 cm³/mol. The number of thiophene rings is 1. The lowest BCUT2D eigenvalue weighted by Crippen LogP contribution is -2.40. The lowest BCUT2D eigenvalue weighted by molar-refractivity contribution is 0.567. The summed E-state index contributed by atoms with van der Waals surface area (Å²) in [6.07, 6.45) is 2.38. The number of nitrogens with one attached hydrogen (secondary N) is 1. The molecule has 1 nitrogen and oxygen atoms in total. The molecule has 1 saturated heterocycles. The summed E-state index contributed by atoms with van der Waals surface area (Å²) >= 11 is 9.58. The Balaban J connectivity index is 1.58. The molecule has 1 aliphatic rings. The van der Waals surface area contributed by atoms with E-state index >= 15 is 0 Å². The second-order valence-corrected chi connectivity index (χ2v) is 6.37. The standard InChI is InChI=1S/C10H14ClNS2/c11-10-4-3-9(14-10)2-1-5-12-8-6-13-7-8/h3-4,8,12H,1-2,5-7H2. The van der Waals surface area contributed by atoms with Crippen LogP contribution in [0, 0.1) is 0 Å². The lowest BCUT2D eigenvalue weighted by Gasteiger charge is -2.25. The molecule has 14 heavy (non-hydrogen) atoms. The molecule has 1 aromatic heterocycles. The largest absolute Gasteiger partial charge is 0.312 e. The van der Waals surface area contributed by atoms with E-state index in [0.29, 0.717) is 0 Å². The smallest absolute Gasteiger partial charge is 0.0931 e. The minimum Gasteiger partial charge on any atom is -0.312 e. The van der Waals surface area contributed by atoms with Gasteiger partial charge in [-0.05, 0) is 31.5 Å². The highest BCUT2D eigenvalue weighted by Crippen LogP contribution is 2.22. The van der Waals surface area contributed by atoms with Crippen molar-refractivity contribution in [3.05, 3.63) is 21.3 Å². The second-order valence-electron chi connectivity index (χ2n) is 3.50. The summed E-state index contributed by atoms with van der Waals surface area (Å²) in [6.45, 7) is 1.14. The number of aryl methyl sites for hydroxylation is 1. The van der Waals surface area contributed by atoms with E-state index in [1.54, 1.807) is 11.3 Å². The minimum absolute atomic E-state index is 0.784. The number of hydrogen-bond donors (Lipinski definition) is 1. The van der Waals surface area contributed by atoms with E-state index in [1.807, 2.05) is 17.8 Å². The van der Waals surface area contributed by atoms with Crippen molar-refractivity contribution in [1.29, 1.82) is 0 Å². The Labute approximate surface area is 98.2 Å². The molecule has 78 valence electrons. The third kappa shape index (κ3) is 3.16. The van der Waals surface area contributed by atoms with Gasteiger partial charge in [-0.15, -0.1) is 11.3 Å². The molecule has 0 aliphatic carbocycles. The molecule has 1 N–H and O–H groups in total. The van der Waals surface area contributed by atoms with Gasteiger partial charge in [-0.3, -0.25) is 0 Å². The number of halogens is 1. The normalized spacial score (nSPS) is 16.9. The van der Waals surface area contributed by atoms with Crippen molar-refractivity contribution in [1.82, 2.24) is 5.32 Å². The van der Waals surface area contributed by atoms with Crippen LogP contribution in [0.25, 0.3) is 0 Å². The Morgan fingerprint density at radius 2 is 2.29 bits per heavy atom. The molecule has 2 rings (SSSR count). The first-order valence-electron chi connectivity index (χ1n) is 4.90. The van der Waals surface area contributed by atoms with Crippen LogP contribution in [0.1, 0.15) is 11.3 Å². The first-order valence-corrected chi connectivity index (χ1v) is 7.25. The summed E-state index contributed by atoms with van der Waals surface area (Å²) in [5.41, 5.74) is 0. The average molecular weight is 248 g/mol. The maximum Gasteiger partial charge on any atom is 0.0931 e. The zero-order chi connectivity index (χ0) is 9.80. The number of hydrogen-bond acceptors (Lipinski definition) is 3. The molecule has 0 radical (unpaired) electrons. The predicted octanol–water partition coefficient (Wildman–Crippen LogP) is 3.04. The van der Waals surface area contributed by atoms with Crippen LogP contribution in [0.5, 0.6) is 0 Å². The van der Waals surface area contributed by atoms with Crippen molar-refractivity contribution >= 4 is 34.7 Å². The molecule has 0 aromatic carbocycles. The molecule has 0 bridgehead atoms. The van der Waals surface area contributed by atoms with E-state index in [9.17, 15) is 0 Å². The highest BCUT2D eigenvalue weighted by Gasteiger charge is 2.16. The van der Waals surface area contributed by atoms with Gasteiger partial charge in [0.2, 0.25) is 0 Å². The summed E-state index contributed by atoms with van der Waals surface area (Å²) in [4.78, 5) is 1.40. The quantitative estimate of drug-likeness (QED) is 0.803. The van der Waals surface area contributed by atoms with Crippen molar-refractivity contribution in [2.75, 3.05) is 18.1 Å². The van der Waals surface area contributed by atoms with Gasteiger partial charge < -0.3 is 5.32 Å². The van der Waals surface area contributed by atoms with Gasteiger partial charge in [0.25, 0.3) is 0 Å². The van der Waals surface area contributed by atoms with Crippen LogP contribution >= 0.6 is 34.7 Å². The topological polar surface area (TPSA) is 12.0 Å². The van der Waals surface area contributed by atoms with Gasteiger partial charge in [-0.1, -0.05) is 11.6 Å². The summed E-state index contributed by atoms with van der Waals surface area (Å²) in [5.74, 6) is 2.59. The molecule has 1 aromatic rings. The van der Waals surface area contributed by atoms with E-state index in [1.165, 1.54) is 22.8 Å². The number of rotatable bonds is 5. The van der Waals surface area contributed by atoms with E-state index < -0.39 is 0 Å². The highest BCUT2D eigenvalue weighted by molar-refractivity contribution is 8.00. The van der Waals surface area contributed by atoms with Crippen molar-refractivity contribution < 1.29 is 0 Å². The fourth-order valence-electron chi connectivity index (χ4n) is 1.41. The van der Waals surface area contributed by atoms with Gasteiger partial charge >= 0.3 is 0 Å². The van der Waals surface area contributed by atoms with E-state index in [-0.39, 0.29) is 0 Å². The first kappa shape index (κ1) is 10.8. The number of thioether (sulfide) groups is 1. The zero-order valence-electron chi connectivity index (χ0n) is 7.96. The van der Waals surface area contributed by atoms with Crippen LogP contribution in [0.3, 0.4) is 0 Å². The Hall–Kier alpha value is 0.300. The van der Waals surface area contributed by atoms with E-state index in [2.05, 4.69) is 11.4 Å². The van der Waals surface area contributed by atoms with Crippen molar-refractivity contribution in [3.63, 3.8) is 0 Å². The average Bonchev–Trinajstić information content (AvgIpc) is 2.48. The molecule has 0 unspecified atom stereocenters. The third-order valence-corrected chi connectivity index (χ3v) is 4.87. The van der Waals surface area contributed by atoms with Gasteiger partial charge in [-0.2, -0.15) is 11.8 Å². The van der Waals surface area contributed by atoms with Crippen LogP contribution in [-0.2, 0) is 6.42 Å². The van der Waals surface area contributed by atoms with Crippen LogP contribution in [0.15, 0.2) is 12.1 Å². The molecule has 0 amide bonds. The van der Waals surface area contributed by atoms with Gasteiger partial charge in [0.1, 0.15) is 0 Å². The molecule has 0 atom stereocenters. The molecule has 0 spiro atoms. The van der Waals surface area contributed by atoms with Crippen molar-refractivity contribution in [2.45, 2.75) is 18.9 Å². The van der Waals surface area contributed by atoms with Gasteiger partial charge in [0.15, 0.2) is 0 Å². The van der Waals surface area contributed by atoms with Gasteiger partial charge in [-0.25, -0.2) is 0 Å². The fraction of sp³-hybridized carbons (Fsp3) is 0.600. The Morgan fingerprint density at radius 3 is 2.86 bits per heavy atom. The Kier molecular flexibility index (Phi) is 4.17. The Morgan fingerprint density at radius 1 is 1.43 bits per heavy atom. The molecule has 4 heteroatoms. The van der Waals surface area contributed by atoms with Crippen molar-refractivity contribution in [3.8, 4) is 0 Å². The summed E-state index contributed by atoms with van der Waals surface area (Å²) in [5, 5.41) is 3.55. The molecular formula is C10H14ClNS2.